The van der Waals surface area contributed by atoms with Gasteiger partial charge in [0.2, 0.25) is 5.88 Å². The van der Waals surface area contributed by atoms with E-state index in [9.17, 15) is 0 Å². The molecular weight excluding hydrogens is 262 g/mol. The molecule has 4 nitrogen and oxygen atoms in total. The lowest BCUT2D eigenvalue weighted by molar-refractivity contribution is 0.439. The molecule has 0 fully saturated rings. The molecule has 3 rings (SSSR count). The molecule has 0 aliphatic carbocycles. The second-order valence-electron chi connectivity index (χ2n) is 3.99. The van der Waals surface area contributed by atoms with E-state index in [0.717, 1.165) is 16.7 Å². The third kappa shape index (κ3) is 2.06. The Kier molecular flexibility index (Phi) is 2.93. The SMILES string of the molecule is Nc1onc(-c2ccccc2Cl)c1-c1ccncc1. The summed E-state index contributed by atoms with van der Waals surface area (Å²) in [7, 11) is 0. The lowest BCUT2D eigenvalue weighted by Crippen LogP contribution is -1.88. The van der Waals surface area contributed by atoms with Crippen LogP contribution in [-0.2, 0) is 0 Å². The molecule has 0 saturated carbocycles. The Morgan fingerprint density at radius 3 is 2.53 bits per heavy atom. The van der Waals surface area contributed by atoms with Crippen molar-refractivity contribution in [2.45, 2.75) is 0 Å². The third-order valence-electron chi connectivity index (χ3n) is 2.82. The highest BCUT2D eigenvalue weighted by atomic mass is 35.5. The van der Waals surface area contributed by atoms with Crippen LogP contribution in [-0.4, -0.2) is 10.1 Å². The minimum Gasteiger partial charge on any atom is -0.367 e. The van der Waals surface area contributed by atoms with Crippen molar-refractivity contribution in [1.29, 1.82) is 0 Å². The number of rotatable bonds is 2. The Hall–Kier alpha value is -2.33. The Morgan fingerprint density at radius 1 is 1.05 bits per heavy atom. The Morgan fingerprint density at radius 2 is 1.79 bits per heavy atom. The molecule has 2 heterocycles. The van der Waals surface area contributed by atoms with Gasteiger partial charge in [-0.25, -0.2) is 0 Å². The number of nitrogens with two attached hydrogens (primary N) is 1. The fraction of sp³-hybridized carbons (Fsp3) is 0. The van der Waals surface area contributed by atoms with Crippen molar-refractivity contribution in [2.75, 3.05) is 5.73 Å². The van der Waals surface area contributed by atoms with Gasteiger partial charge in [-0.2, -0.15) is 0 Å². The van der Waals surface area contributed by atoms with Crippen molar-refractivity contribution in [2.24, 2.45) is 0 Å². The standard InChI is InChI=1S/C14H10ClN3O/c15-11-4-2-1-3-10(11)13-12(14(16)19-18-13)9-5-7-17-8-6-9/h1-8H,16H2. The molecule has 0 amide bonds. The van der Waals surface area contributed by atoms with Crippen LogP contribution in [0.15, 0.2) is 53.3 Å². The second kappa shape index (κ2) is 4.74. The number of hydrogen-bond donors (Lipinski definition) is 1. The predicted molar refractivity (Wildman–Crippen MR) is 74.6 cm³/mol. The van der Waals surface area contributed by atoms with Crippen LogP contribution in [0.1, 0.15) is 0 Å². The molecule has 2 aromatic heterocycles. The van der Waals surface area contributed by atoms with Gasteiger partial charge in [0.1, 0.15) is 5.69 Å². The molecule has 2 N–H and O–H groups in total. The highest BCUT2D eigenvalue weighted by Gasteiger charge is 2.18. The molecular formula is C14H10ClN3O. The summed E-state index contributed by atoms with van der Waals surface area (Å²) in [6, 6.07) is 11.1. The van der Waals surface area contributed by atoms with Crippen molar-refractivity contribution in [3.8, 4) is 22.4 Å². The van der Waals surface area contributed by atoms with Crippen LogP contribution >= 0.6 is 11.6 Å². The molecule has 0 aliphatic heterocycles. The zero-order valence-electron chi connectivity index (χ0n) is 9.88. The maximum Gasteiger partial charge on any atom is 0.230 e. The van der Waals surface area contributed by atoms with Crippen molar-refractivity contribution in [1.82, 2.24) is 10.1 Å². The van der Waals surface area contributed by atoms with Gasteiger partial charge in [-0.05, 0) is 23.8 Å². The number of benzene rings is 1. The lowest BCUT2D eigenvalue weighted by Gasteiger charge is -2.03. The maximum atomic E-state index is 6.19. The number of anilines is 1. The third-order valence-corrected chi connectivity index (χ3v) is 3.15. The second-order valence-corrected chi connectivity index (χ2v) is 4.39. The average molecular weight is 272 g/mol. The van der Waals surface area contributed by atoms with Gasteiger partial charge in [-0.3, -0.25) is 4.98 Å². The van der Waals surface area contributed by atoms with Crippen molar-refractivity contribution < 1.29 is 4.52 Å². The van der Waals surface area contributed by atoms with Crippen LogP contribution in [0.2, 0.25) is 5.02 Å². The quantitative estimate of drug-likeness (QED) is 0.773. The minimum absolute atomic E-state index is 0.265. The van der Waals surface area contributed by atoms with Crippen LogP contribution in [0.25, 0.3) is 22.4 Å². The van der Waals surface area contributed by atoms with Crippen molar-refractivity contribution in [3.63, 3.8) is 0 Å². The first kappa shape index (κ1) is 11.7. The molecule has 0 saturated heterocycles. The first-order valence-electron chi connectivity index (χ1n) is 5.68. The molecule has 0 unspecified atom stereocenters. The smallest absolute Gasteiger partial charge is 0.230 e. The van der Waals surface area contributed by atoms with Crippen LogP contribution < -0.4 is 5.73 Å². The first-order valence-corrected chi connectivity index (χ1v) is 6.05. The minimum atomic E-state index is 0.265. The molecule has 0 spiro atoms. The Bertz CT molecular complexity index is 710. The lowest BCUT2D eigenvalue weighted by atomic mass is 10.0. The molecule has 0 bridgehead atoms. The number of aromatic nitrogens is 2. The van der Waals surface area contributed by atoms with Gasteiger partial charge in [0.05, 0.1) is 10.6 Å². The molecule has 1 aromatic carbocycles. The van der Waals surface area contributed by atoms with Crippen LogP contribution in [0, 0.1) is 0 Å². The van der Waals surface area contributed by atoms with Gasteiger partial charge >= 0.3 is 0 Å². The van der Waals surface area contributed by atoms with Gasteiger partial charge in [0, 0.05) is 18.0 Å². The van der Waals surface area contributed by atoms with E-state index in [2.05, 4.69) is 10.1 Å². The number of hydrogen-bond acceptors (Lipinski definition) is 4. The van der Waals surface area contributed by atoms with Gasteiger partial charge in [0.25, 0.3) is 0 Å². The van der Waals surface area contributed by atoms with E-state index < -0.39 is 0 Å². The maximum absolute atomic E-state index is 6.19. The van der Waals surface area contributed by atoms with Gasteiger partial charge < -0.3 is 10.3 Å². The van der Waals surface area contributed by atoms with Crippen LogP contribution in [0.4, 0.5) is 5.88 Å². The van der Waals surface area contributed by atoms with Crippen molar-refractivity contribution >= 4 is 17.5 Å². The fourth-order valence-corrected chi connectivity index (χ4v) is 2.16. The number of nitrogens with zero attached hydrogens (tertiary/aromatic N) is 2. The summed E-state index contributed by atoms with van der Waals surface area (Å²) in [5.41, 5.74) is 8.91. The monoisotopic (exact) mass is 271 g/mol. The molecule has 3 aromatic rings. The zero-order chi connectivity index (χ0) is 13.2. The molecule has 0 aliphatic rings. The molecule has 19 heavy (non-hydrogen) atoms. The predicted octanol–water partition coefficient (Wildman–Crippen LogP) is 3.64. The zero-order valence-corrected chi connectivity index (χ0v) is 10.6. The van der Waals surface area contributed by atoms with E-state index in [-0.39, 0.29) is 5.88 Å². The fourth-order valence-electron chi connectivity index (χ4n) is 1.94. The Balaban J connectivity index is 2.23. The van der Waals surface area contributed by atoms with E-state index in [1.54, 1.807) is 18.5 Å². The molecule has 0 atom stereocenters. The topological polar surface area (TPSA) is 64.9 Å². The number of nitrogen functional groups attached to an aromatic ring is 1. The van der Waals surface area contributed by atoms with E-state index in [4.69, 9.17) is 21.9 Å². The summed E-state index contributed by atoms with van der Waals surface area (Å²) in [5.74, 6) is 0.265. The summed E-state index contributed by atoms with van der Waals surface area (Å²) >= 11 is 6.19. The summed E-state index contributed by atoms with van der Waals surface area (Å²) in [4.78, 5) is 3.99. The summed E-state index contributed by atoms with van der Waals surface area (Å²) in [6.07, 6.45) is 3.39. The molecule has 0 radical (unpaired) electrons. The normalized spacial score (nSPS) is 10.6. The van der Waals surface area contributed by atoms with Gasteiger partial charge in [-0.15, -0.1) is 0 Å². The summed E-state index contributed by atoms with van der Waals surface area (Å²) in [6.45, 7) is 0. The average Bonchev–Trinajstić information content (AvgIpc) is 2.82. The number of pyridine rings is 1. The van der Waals surface area contributed by atoms with E-state index in [0.29, 0.717) is 10.7 Å². The number of halogens is 1. The van der Waals surface area contributed by atoms with Crippen LogP contribution in [0.3, 0.4) is 0 Å². The van der Waals surface area contributed by atoms with Gasteiger partial charge in [0.15, 0.2) is 0 Å². The van der Waals surface area contributed by atoms with Crippen molar-refractivity contribution in [3.05, 3.63) is 53.8 Å². The summed E-state index contributed by atoms with van der Waals surface area (Å²) in [5, 5.41) is 4.62. The van der Waals surface area contributed by atoms with Crippen LogP contribution in [0.5, 0.6) is 0 Å². The van der Waals surface area contributed by atoms with E-state index >= 15 is 0 Å². The first-order chi connectivity index (χ1) is 9.27. The van der Waals surface area contributed by atoms with Gasteiger partial charge in [-0.1, -0.05) is 35.0 Å². The molecule has 94 valence electrons. The molecule has 5 heteroatoms. The van der Waals surface area contributed by atoms with E-state index in [1.807, 2.05) is 30.3 Å². The largest absolute Gasteiger partial charge is 0.367 e. The highest BCUT2D eigenvalue weighted by molar-refractivity contribution is 6.33. The summed E-state index contributed by atoms with van der Waals surface area (Å²) < 4.78 is 5.11. The van der Waals surface area contributed by atoms with E-state index in [1.165, 1.54) is 0 Å². The highest BCUT2D eigenvalue weighted by Crippen LogP contribution is 2.38. The Labute approximate surface area is 114 Å².